The van der Waals surface area contributed by atoms with Gasteiger partial charge in [0.2, 0.25) is 5.88 Å². The van der Waals surface area contributed by atoms with Gasteiger partial charge in [0.05, 0.1) is 24.7 Å². The van der Waals surface area contributed by atoms with E-state index < -0.39 is 0 Å². The second kappa shape index (κ2) is 4.78. The summed E-state index contributed by atoms with van der Waals surface area (Å²) in [6.07, 6.45) is 0.0924. The van der Waals surface area contributed by atoms with Crippen LogP contribution in [0, 0.1) is 0 Å². The molecule has 1 fully saturated rings. The molecule has 1 atom stereocenters. The zero-order valence-electron chi connectivity index (χ0n) is 8.55. The highest BCUT2D eigenvalue weighted by Crippen LogP contribution is 2.25. The zero-order chi connectivity index (χ0) is 10.7. The third-order valence-electron chi connectivity index (χ3n) is 2.24. The molecule has 0 unspecified atom stereocenters. The molecule has 1 saturated heterocycles. The molecular weight excluding hydrogens is 216 g/mol. The quantitative estimate of drug-likeness (QED) is 0.828. The number of thiazole rings is 1. The lowest BCUT2D eigenvalue weighted by atomic mass is 10.3. The van der Waals surface area contributed by atoms with Crippen molar-refractivity contribution in [2.75, 3.05) is 38.3 Å². The van der Waals surface area contributed by atoms with Crippen molar-refractivity contribution in [3.63, 3.8) is 0 Å². The van der Waals surface area contributed by atoms with E-state index in [0.29, 0.717) is 13.2 Å². The molecule has 84 valence electrons. The third kappa shape index (κ3) is 2.58. The van der Waals surface area contributed by atoms with Gasteiger partial charge in [0.25, 0.3) is 0 Å². The number of ether oxygens (including phenoxy) is 2. The maximum absolute atomic E-state index is 9.17. The fourth-order valence-corrected chi connectivity index (χ4v) is 2.31. The molecule has 1 N–H and O–H groups in total. The van der Waals surface area contributed by atoms with E-state index in [9.17, 15) is 0 Å². The fourth-order valence-electron chi connectivity index (χ4n) is 1.58. The predicted octanol–water partition coefficient (Wildman–Crippen LogP) is 0.700. The van der Waals surface area contributed by atoms with E-state index in [1.807, 2.05) is 0 Å². The number of rotatable bonds is 3. The first-order chi connectivity index (χ1) is 7.29. The van der Waals surface area contributed by atoms with Crippen LogP contribution in [0.25, 0.3) is 0 Å². The molecule has 0 aliphatic carbocycles. The molecule has 0 saturated carbocycles. The Bertz CT molecular complexity index is 316. The average Bonchev–Trinajstić information content (AvgIpc) is 2.66. The number of anilines is 1. The first-order valence-corrected chi connectivity index (χ1v) is 5.67. The summed E-state index contributed by atoms with van der Waals surface area (Å²) in [6.45, 7) is 2.84. The van der Waals surface area contributed by atoms with Gasteiger partial charge in [-0.15, -0.1) is 11.3 Å². The van der Waals surface area contributed by atoms with Gasteiger partial charge < -0.3 is 19.5 Å². The highest BCUT2D eigenvalue weighted by Gasteiger charge is 2.22. The Morgan fingerprint density at radius 2 is 2.67 bits per heavy atom. The van der Waals surface area contributed by atoms with Crippen LogP contribution in [-0.2, 0) is 9.47 Å². The molecule has 15 heavy (non-hydrogen) atoms. The Morgan fingerprint density at radius 3 is 3.33 bits per heavy atom. The molecule has 6 heteroatoms. The van der Waals surface area contributed by atoms with Crippen molar-refractivity contribution in [3.8, 4) is 5.88 Å². The predicted molar refractivity (Wildman–Crippen MR) is 57.6 cm³/mol. The van der Waals surface area contributed by atoms with Gasteiger partial charge in [0.1, 0.15) is 0 Å². The largest absolute Gasteiger partial charge is 0.493 e. The van der Waals surface area contributed by atoms with Crippen molar-refractivity contribution in [3.05, 3.63) is 5.38 Å². The van der Waals surface area contributed by atoms with Crippen LogP contribution in [-0.4, -0.2) is 49.6 Å². The van der Waals surface area contributed by atoms with Crippen LogP contribution in [0.15, 0.2) is 5.38 Å². The summed E-state index contributed by atoms with van der Waals surface area (Å²) in [7, 11) is 1.66. The number of morpholine rings is 1. The second-order valence-corrected chi connectivity index (χ2v) is 4.22. The minimum atomic E-state index is 0.0878. The Labute approximate surface area is 92.3 Å². The number of aromatic hydroxyl groups is 1. The second-order valence-electron chi connectivity index (χ2n) is 3.38. The zero-order valence-corrected chi connectivity index (χ0v) is 9.37. The molecule has 0 radical (unpaired) electrons. The van der Waals surface area contributed by atoms with E-state index in [1.165, 1.54) is 11.3 Å². The SMILES string of the molecule is COC[C@@H]1CN(c2nc(O)cs2)CCO1. The molecule has 2 heterocycles. The smallest absolute Gasteiger partial charge is 0.223 e. The van der Waals surface area contributed by atoms with E-state index in [1.54, 1.807) is 12.5 Å². The van der Waals surface area contributed by atoms with Gasteiger partial charge in [-0.2, -0.15) is 4.98 Å². The minimum Gasteiger partial charge on any atom is -0.493 e. The van der Waals surface area contributed by atoms with Crippen LogP contribution in [0.2, 0.25) is 0 Å². The van der Waals surface area contributed by atoms with Crippen molar-refractivity contribution in [1.82, 2.24) is 4.98 Å². The molecule has 1 aromatic heterocycles. The number of hydrogen-bond acceptors (Lipinski definition) is 6. The molecule has 5 nitrogen and oxygen atoms in total. The normalized spacial score (nSPS) is 21.9. The molecular formula is C9H14N2O3S. The fraction of sp³-hybridized carbons (Fsp3) is 0.667. The maximum atomic E-state index is 9.17. The topological polar surface area (TPSA) is 54.8 Å². The lowest BCUT2D eigenvalue weighted by Gasteiger charge is -2.32. The number of nitrogens with zero attached hydrogens (tertiary/aromatic N) is 2. The van der Waals surface area contributed by atoms with Gasteiger partial charge >= 0.3 is 0 Å². The summed E-state index contributed by atoms with van der Waals surface area (Å²) >= 11 is 1.44. The van der Waals surface area contributed by atoms with Crippen molar-refractivity contribution in [2.24, 2.45) is 0 Å². The number of aromatic nitrogens is 1. The van der Waals surface area contributed by atoms with E-state index in [0.717, 1.165) is 18.2 Å². The molecule has 0 spiro atoms. The molecule has 0 aromatic carbocycles. The van der Waals surface area contributed by atoms with Crippen LogP contribution in [0.5, 0.6) is 5.88 Å². The number of methoxy groups -OCH3 is 1. The van der Waals surface area contributed by atoms with Crippen molar-refractivity contribution in [1.29, 1.82) is 0 Å². The third-order valence-corrected chi connectivity index (χ3v) is 3.13. The summed E-state index contributed by atoms with van der Waals surface area (Å²) < 4.78 is 10.6. The summed E-state index contributed by atoms with van der Waals surface area (Å²) in [6, 6.07) is 0. The molecule has 1 aliphatic rings. The van der Waals surface area contributed by atoms with Gasteiger partial charge in [0, 0.05) is 20.2 Å². The van der Waals surface area contributed by atoms with Gasteiger partial charge in [-0.3, -0.25) is 0 Å². The van der Waals surface area contributed by atoms with E-state index in [-0.39, 0.29) is 12.0 Å². The monoisotopic (exact) mass is 230 g/mol. The Hall–Kier alpha value is -0.850. The summed E-state index contributed by atoms with van der Waals surface area (Å²) in [5.41, 5.74) is 0. The molecule has 2 rings (SSSR count). The molecule has 0 bridgehead atoms. The van der Waals surface area contributed by atoms with Crippen LogP contribution in [0.3, 0.4) is 0 Å². The Balaban J connectivity index is 1.98. The van der Waals surface area contributed by atoms with Crippen molar-refractivity contribution in [2.45, 2.75) is 6.10 Å². The highest BCUT2D eigenvalue weighted by atomic mass is 32.1. The average molecular weight is 230 g/mol. The molecule has 0 amide bonds. The summed E-state index contributed by atoms with van der Waals surface area (Å²) in [5.74, 6) is 0.0878. The van der Waals surface area contributed by atoms with Crippen molar-refractivity contribution < 1.29 is 14.6 Å². The van der Waals surface area contributed by atoms with Crippen LogP contribution >= 0.6 is 11.3 Å². The maximum Gasteiger partial charge on any atom is 0.223 e. The first-order valence-electron chi connectivity index (χ1n) is 4.79. The standard InChI is InChI=1S/C9H14N2O3S/c1-13-5-7-4-11(2-3-14-7)9-10-8(12)6-15-9/h6-7,12H,2-5H2,1H3/t7-/m0/s1. The van der Waals surface area contributed by atoms with Crippen molar-refractivity contribution >= 4 is 16.5 Å². The minimum absolute atomic E-state index is 0.0878. The van der Waals surface area contributed by atoms with Crippen LogP contribution < -0.4 is 4.90 Å². The number of hydrogen-bond donors (Lipinski definition) is 1. The van der Waals surface area contributed by atoms with Crippen LogP contribution in [0.4, 0.5) is 5.13 Å². The van der Waals surface area contributed by atoms with Gasteiger partial charge in [-0.1, -0.05) is 0 Å². The lowest BCUT2D eigenvalue weighted by molar-refractivity contribution is -0.0100. The lowest BCUT2D eigenvalue weighted by Crippen LogP contribution is -2.44. The molecule has 1 aliphatic heterocycles. The van der Waals surface area contributed by atoms with Crippen LogP contribution in [0.1, 0.15) is 0 Å². The van der Waals surface area contributed by atoms with Gasteiger partial charge in [-0.25, -0.2) is 0 Å². The Kier molecular flexibility index (Phi) is 3.40. The van der Waals surface area contributed by atoms with E-state index >= 15 is 0 Å². The van der Waals surface area contributed by atoms with Gasteiger partial charge in [0.15, 0.2) is 5.13 Å². The van der Waals surface area contributed by atoms with E-state index in [2.05, 4.69) is 9.88 Å². The molecule has 1 aromatic rings. The van der Waals surface area contributed by atoms with Gasteiger partial charge in [-0.05, 0) is 0 Å². The van der Waals surface area contributed by atoms with E-state index in [4.69, 9.17) is 14.6 Å². The summed E-state index contributed by atoms with van der Waals surface area (Å²) in [4.78, 5) is 6.14. The Morgan fingerprint density at radius 1 is 1.80 bits per heavy atom. The highest BCUT2D eigenvalue weighted by molar-refractivity contribution is 7.13. The first kappa shape index (κ1) is 10.7. The summed E-state index contributed by atoms with van der Waals surface area (Å²) in [5, 5.41) is 11.6.